The lowest BCUT2D eigenvalue weighted by atomic mass is 9.99. The fraction of sp³-hybridized carbons (Fsp3) is 0.465. The van der Waals surface area contributed by atoms with Crippen LogP contribution in [0, 0.1) is 0 Å². The van der Waals surface area contributed by atoms with Gasteiger partial charge in [0.15, 0.2) is 0 Å². The molecule has 0 saturated heterocycles. The minimum absolute atomic E-state index is 0.490. The van der Waals surface area contributed by atoms with Crippen molar-refractivity contribution in [1.29, 1.82) is 0 Å². The average Bonchev–Trinajstić information content (AvgIpc) is 4.44. The molecule has 0 unspecified atom stereocenters. The van der Waals surface area contributed by atoms with E-state index >= 15 is 0 Å². The normalized spacial score (nSPS) is 11.9. The van der Waals surface area contributed by atoms with Gasteiger partial charge in [-0.3, -0.25) is 0 Å². The third kappa shape index (κ3) is 14.5. The van der Waals surface area contributed by atoms with E-state index < -0.39 is 0 Å². The Morgan fingerprint density at radius 3 is 1.44 bits per heavy atom. The Kier molecular flexibility index (Phi) is 22.1. The summed E-state index contributed by atoms with van der Waals surface area (Å²) in [7, 11) is 0. The summed E-state index contributed by atoms with van der Waals surface area (Å²) in [4.78, 5) is 18.4. The van der Waals surface area contributed by atoms with Gasteiger partial charge in [-0.15, -0.1) is 34.0 Å². The summed E-state index contributed by atoms with van der Waals surface area (Å²) in [5.41, 5.74) is 13.3. The van der Waals surface area contributed by atoms with Gasteiger partial charge >= 0.3 is 0 Å². The average molecular weight is 1080 g/mol. The van der Waals surface area contributed by atoms with E-state index in [2.05, 4.69) is 153 Å². The van der Waals surface area contributed by atoms with E-state index in [4.69, 9.17) is 9.97 Å². The van der Waals surface area contributed by atoms with Gasteiger partial charge < -0.3 is 4.57 Å². The molecular formula is C71H89N3S3. The van der Waals surface area contributed by atoms with E-state index in [9.17, 15) is 0 Å². The van der Waals surface area contributed by atoms with Gasteiger partial charge in [-0.05, 0) is 84.9 Å². The van der Waals surface area contributed by atoms with Crippen molar-refractivity contribution >= 4 is 66.8 Å². The second kappa shape index (κ2) is 29.9. The molecule has 0 aliphatic rings. The van der Waals surface area contributed by atoms with Gasteiger partial charge in [0.1, 0.15) is 11.0 Å². The zero-order valence-corrected chi connectivity index (χ0v) is 49.9. The largest absolute Gasteiger partial charge is 0.337 e. The number of nitrogens with zero attached hydrogens (tertiary/aromatic N) is 3. The van der Waals surface area contributed by atoms with Gasteiger partial charge in [0.05, 0.1) is 31.5 Å². The maximum Gasteiger partial charge on any atom is 0.110 e. The van der Waals surface area contributed by atoms with E-state index in [1.54, 1.807) is 0 Å². The maximum atomic E-state index is 5.86. The van der Waals surface area contributed by atoms with Crippen molar-refractivity contribution in [3.05, 3.63) is 132 Å². The predicted octanol–water partition coefficient (Wildman–Crippen LogP) is 24.1. The Morgan fingerprint density at radius 1 is 0.390 bits per heavy atom. The lowest BCUT2D eigenvalue weighted by Crippen LogP contribution is -2.09. The highest BCUT2D eigenvalue weighted by atomic mass is 32.1. The number of unbranched alkanes of at least 4 members (excludes halogenated alkanes) is 20. The zero-order valence-electron chi connectivity index (χ0n) is 47.5. The molecule has 9 rings (SSSR count). The second-order valence-corrected chi connectivity index (χ2v) is 25.3. The topological polar surface area (TPSA) is 30.7 Å². The zero-order chi connectivity index (χ0) is 53.0. The number of hydrogen-bond donors (Lipinski definition) is 0. The number of thiophene rings is 3. The number of fused-ring (bicyclic) bond motifs is 4. The number of aryl methyl sites for hydroxylation is 2. The van der Waals surface area contributed by atoms with E-state index in [0.29, 0.717) is 6.04 Å². The number of para-hydroxylation sites is 1. The molecule has 0 N–H and O–H groups in total. The second-order valence-electron chi connectivity index (χ2n) is 22.3. The number of rotatable bonds is 34. The summed E-state index contributed by atoms with van der Waals surface area (Å²) in [5, 5.41) is 5.11. The van der Waals surface area contributed by atoms with Gasteiger partial charge in [0.25, 0.3) is 0 Å². The monoisotopic (exact) mass is 1080 g/mol. The van der Waals surface area contributed by atoms with Crippen molar-refractivity contribution in [2.24, 2.45) is 0 Å². The van der Waals surface area contributed by atoms with E-state index in [0.717, 1.165) is 46.4 Å². The van der Waals surface area contributed by atoms with Crippen molar-refractivity contribution in [2.45, 2.75) is 214 Å². The van der Waals surface area contributed by atoms with E-state index in [1.165, 1.54) is 230 Å². The maximum absolute atomic E-state index is 5.86. The van der Waals surface area contributed by atoms with Crippen LogP contribution in [0.1, 0.15) is 212 Å². The molecule has 0 aliphatic carbocycles. The Hall–Kier alpha value is -4.88. The molecule has 0 saturated carbocycles. The first kappa shape index (κ1) is 56.8. The lowest BCUT2D eigenvalue weighted by molar-refractivity contribution is 0.410. The molecule has 6 heteroatoms. The molecule has 3 nitrogen and oxygen atoms in total. The molecule has 0 aliphatic heterocycles. The fourth-order valence-corrected chi connectivity index (χ4v) is 15.7. The molecule has 406 valence electrons. The molecule has 5 aromatic heterocycles. The molecule has 0 fully saturated rings. The van der Waals surface area contributed by atoms with Crippen LogP contribution in [0.25, 0.3) is 85.3 Å². The summed E-state index contributed by atoms with van der Waals surface area (Å²) in [5.74, 6) is 0. The molecule has 77 heavy (non-hydrogen) atoms. The summed E-state index contributed by atoms with van der Waals surface area (Å²) in [6.07, 6.45) is 36.2. The van der Waals surface area contributed by atoms with Crippen LogP contribution < -0.4 is 0 Å². The molecule has 0 amide bonds. The molecule has 5 heterocycles. The highest BCUT2D eigenvalue weighted by Gasteiger charge is 2.27. The molecule has 0 bridgehead atoms. The van der Waals surface area contributed by atoms with Gasteiger partial charge in [0, 0.05) is 43.2 Å². The van der Waals surface area contributed by atoms with Crippen LogP contribution in [0.15, 0.2) is 121 Å². The van der Waals surface area contributed by atoms with E-state index in [1.807, 2.05) is 34.0 Å². The summed E-state index contributed by atoms with van der Waals surface area (Å²) in [6, 6.07) is 43.9. The molecule has 4 aromatic carbocycles. The molecule has 9 aromatic rings. The number of aromatic nitrogens is 3. The third-order valence-corrected chi connectivity index (χ3v) is 20.0. The van der Waals surface area contributed by atoms with Crippen LogP contribution in [0.2, 0.25) is 0 Å². The Balaban J connectivity index is 1.18. The number of hydrogen-bond acceptors (Lipinski definition) is 5. The Morgan fingerprint density at radius 2 is 0.870 bits per heavy atom. The number of benzene rings is 4. The van der Waals surface area contributed by atoms with Crippen molar-refractivity contribution in [3.63, 3.8) is 0 Å². The molecule has 0 radical (unpaired) electrons. The smallest absolute Gasteiger partial charge is 0.110 e. The summed E-state index contributed by atoms with van der Waals surface area (Å²) < 4.78 is 2.81. The first-order valence-corrected chi connectivity index (χ1v) is 33.3. The van der Waals surface area contributed by atoms with Gasteiger partial charge in [-0.1, -0.05) is 260 Å². The van der Waals surface area contributed by atoms with Crippen LogP contribution in [-0.4, -0.2) is 14.5 Å². The predicted molar refractivity (Wildman–Crippen MR) is 343 cm³/mol. The van der Waals surface area contributed by atoms with Crippen molar-refractivity contribution in [3.8, 4) is 52.5 Å². The lowest BCUT2D eigenvalue weighted by Gasteiger charge is -2.22. The Bertz CT molecular complexity index is 3150. The summed E-state index contributed by atoms with van der Waals surface area (Å²) >= 11 is 5.86. The molecule has 0 spiro atoms. The van der Waals surface area contributed by atoms with Crippen molar-refractivity contribution < 1.29 is 0 Å². The van der Waals surface area contributed by atoms with Gasteiger partial charge in [-0.25, -0.2) is 9.97 Å². The molecular weight excluding hydrogens is 991 g/mol. The fourth-order valence-electron chi connectivity index (χ4n) is 12.0. The van der Waals surface area contributed by atoms with Crippen molar-refractivity contribution in [2.75, 3.05) is 0 Å². The third-order valence-electron chi connectivity index (χ3n) is 16.3. The van der Waals surface area contributed by atoms with Crippen LogP contribution in [0.4, 0.5) is 0 Å². The standard InChI is InChI=1S/C71H89N3S3/c1-5-9-13-17-21-27-41-55-49-50-75-68(55)70-66-67(73-65(54-39-31-26-32-40-54)64(72-66)53-37-29-25-30-38-53)71(77-70)69-57(42-28-22-18-14-10-6-2)52-63(76-69)56-47-48-60-59-45-35-36-46-61(59)74(62(60)51-56)58(43-33-23-19-15-11-7-3)44-34-24-20-16-12-8-4/h25-26,29-32,35-40,45-52,58H,5-24,27-28,33-34,41-44H2,1-4H3. The highest BCUT2D eigenvalue weighted by molar-refractivity contribution is 7.28. The van der Waals surface area contributed by atoms with Crippen LogP contribution in [-0.2, 0) is 12.8 Å². The first-order valence-electron chi connectivity index (χ1n) is 30.8. The van der Waals surface area contributed by atoms with Gasteiger partial charge in [0.2, 0.25) is 0 Å². The van der Waals surface area contributed by atoms with E-state index in [-0.39, 0.29) is 0 Å². The molecule has 0 atom stereocenters. The minimum Gasteiger partial charge on any atom is -0.337 e. The Labute approximate surface area is 476 Å². The minimum atomic E-state index is 0.490. The first-order chi connectivity index (χ1) is 38.1. The quantitative estimate of drug-likeness (QED) is 0.0376. The van der Waals surface area contributed by atoms with Crippen molar-refractivity contribution in [1.82, 2.24) is 14.5 Å². The van der Waals surface area contributed by atoms with Crippen LogP contribution >= 0.6 is 34.0 Å². The van der Waals surface area contributed by atoms with Crippen LogP contribution in [0.3, 0.4) is 0 Å². The SMILES string of the molecule is CCCCCCCCc1ccsc1-c1sc(-c2sc(-c3ccc4c5ccccc5n(C(CCCCCCCC)CCCCCCCC)c4c3)cc2CCCCCCCC)c2nc(-c3ccccc3)c(-c3ccccc3)nc12. The highest BCUT2D eigenvalue weighted by Crippen LogP contribution is 2.51. The van der Waals surface area contributed by atoms with Crippen LogP contribution in [0.5, 0.6) is 0 Å². The van der Waals surface area contributed by atoms with Gasteiger partial charge in [-0.2, -0.15) is 0 Å². The summed E-state index contributed by atoms with van der Waals surface area (Å²) in [6.45, 7) is 9.29.